The van der Waals surface area contributed by atoms with E-state index in [1.54, 1.807) is 0 Å². The summed E-state index contributed by atoms with van der Waals surface area (Å²) in [6, 6.07) is 3.77. The average molecular weight is 310 g/mol. The van der Waals surface area contributed by atoms with Crippen molar-refractivity contribution in [1.82, 2.24) is 4.90 Å². The van der Waals surface area contributed by atoms with Crippen LogP contribution in [0.5, 0.6) is 5.75 Å². The predicted molar refractivity (Wildman–Crippen MR) is 86.0 cm³/mol. The number of benzene rings is 1. The third kappa shape index (κ3) is 3.91. The van der Waals surface area contributed by atoms with Crippen molar-refractivity contribution in [2.24, 2.45) is 5.92 Å². The van der Waals surface area contributed by atoms with Gasteiger partial charge in [-0.3, -0.25) is 4.79 Å². The molecule has 0 saturated carbocycles. The number of hydrogen-bond donors (Lipinski definition) is 0. The van der Waals surface area contributed by atoms with Gasteiger partial charge in [-0.1, -0.05) is 18.5 Å². The van der Waals surface area contributed by atoms with Crippen LogP contribution in [0.15, 0.2) is 12.1 Å². The predicted octanol–water partition coefficient (Wildman–Crippen LogP) is 3.98. The second kappa shape index (κ2) is 6.69. The van der Waals surface area contributed by atoms with Gasteiger partial charge in [0.15, 0.2) is 6.10 Å². The van der Waals surface area contributed by atoms with Crippen LogP contribution in [-0.2, 0) is 4.79 Å². The second-order valence-electron chi connectivity index (χ2n) is 6.14. The number of hydrogen-bond acceptors (Lipinski definition) is 2. The molecule has 1 fully saturated rings. The van der Waals surface area contributed by atoms with Gasteiger partial charge in [0.1, 0.15) is 5.75 Å². The summed E-state index contributed by atoms with van der Waals surface area (Å²) in [6.45, 7) is 9.63. The summed E-state index contributed by atoms with van der Waals surface area (Å²) in [5.41, 5.74) is 1.94. The van der Waals surface area contributed by atoms with E-state index < -0.39 is 6.10 Å². The van der Waals surface area contributed by atoms with Crippen molar-refractivity contribution in [1.29, 1.82) is 0 Å². The number of rotatable bonds is 3. The second-order valence-corrected chi connectivity index (χ2v) is 6.52. The summed E-state index contributed by atoms with van der Waals surface area (Å²) in [5, 5.41) is 0.756. The number of piperidine rings is 1. The number of ether oxygens (including phenoxy) is 1. The van der Waals surface area contributed by atoms with Crippen molar-refractivity contribution in [2.45, 2.75) is 46.6 Å². The van der Waals surface area contributed by atoms with Crippen molar-refractivity contribution >= 4 is 17.5 Å². The highest BCUT2D eigenvalue weighted by atomic mass is 35.5. The van der Waals surface area contributed by atoms with Crippen LogP contribution in [0.1, 0.15) is 37.8 Å². The topological polar surface area (TPSA) is 29.5 Å². The molecule has 0 unspecified atom stereocenters. The Hall–Kier alpha value is -1.22. The van der Waals surface area contributed by atoms with Crippen LogP contribution in [-0.4, -0.2) is 30.0 Å². The zero-order valence-corrected chi connectivity index (χ0v) is 14.0. The van der Waals surface area contributed by atoms with Crippen molar-refractivity contribution in [2.75, 3.05) is 13.1 Å². The van der Waals surface area contributed by atoms with Gasteiger partial charge >= 0.3 is 0 Å². The molecule has 3 nitrogen and oxygen atoms in total. The lowest BCUT2D eigenvalue weighted by atomic mass is 9.99. The molecule has 0 aliphatic carbocycles. The minimum absolute atomic E-state index is 0.0761. The number of nitrogens with zero attached hydrogens (tertiary/aromatic N) is 1. The first-order valence-electron chi connectivity index (χ1n) is 7.60. The van der Waals surface area contributed by atoms with Gasteiger partial charge in [0.25, 0.3) is 5.91 Å². The van der Waals surface area contributed by atoms with Crippen molar-refractivity contribution in [3.63, 3.8) is 0 Å². The number of carbonyl (C=O) groups excluding carboxylic acids is 1. The molecule has 0 spiro atoms. The van der Waals surface area contributed by atoms with Gasteiger partial charge in [-0.25, -0.2) is 0 Å². The SMILES string of the molecule is Cc1cc(O[C@@H](C)C(=O)N2CCC(C)CC2)cc(C)c1Cl. The molecule has 4 heteroatoms. The van der Waals surface area contributed by atoms with Crippen LogP contribution in [0, 0.1) is 19.8 Å². The van der Waals surface area contributed by atoms with E-state index >= 15 is 0 Å². The third-order valence-electron chi connectivity index (χ3n) is 4.17. The van der Waals surface area contributed by atoms with Crippen LogP contribution in [0.25, 0.3) is 0 Å². The molecule has 1 atom stereocenters. The molecular formula is C17H24ClNO2. The van der Waals surface area contributed by atoms with Gasteiger partial charge < -0.3 is 9.64 Å². The highest BCUT2D eigenvalue weighted by Gasteiger charge is 2.25. The Morgan fingerprint density at radius 2 is 1.81 bits per heavy atom. The molecule has 1 amide bonds. The Bertz CT molecular complexity index is 499. The van der Waals surface area contributed by atoms with Crippen molar-refractivity contribution < 1.29 is 9.53 Å². The van der Waals surface area contributed by atoms with Crippen LogP contribution in [0.3, 0.4) is 0 Å². The minimum Gasteiger partial charge on any atom is -0.481 e. The molecule has 0 N–H and O–H groups in total. The van der Waals surface area contributed by atoms with Gasteiger partial charge in [-0.15, -0.1) is 0 Å². The summed E-state index contributed by atoms with van der Waals surface area (Å²) in [5.74, 6) is 1.50. The van der Waals surface area contributed by atoms with Gasteiger partial charge in [0, 0.05) is 18.1 Å². The molecule has 116 valence electrons. The lowest BCUT2D eigenvalue weighted by Crippen LogP contribution is -2.44. The molecule has 1 saturated heterocycles. The van der Waals surface area contributed by atoms with Gasteiger partial charge in [0.2, 0.25) is 0 Å². The maximum atomic E-state index is 12.4. The van der Waals surface area contributed by atoms with E-state index in [1.807, 2.05) is 37.8 Å². The Morgan fingerprint density at radius 1 is 1.29 bits per heavy atom. The first kappa shape index (κ1) is 16.2. The monoisotopic (exact) mass is 309 g/mol. The molecule has 2 rings (SSSR count). The van der Waals surface area contributed by atoms with E-state index in [-0.39, 0.29) is 5.91 Å². The summed E-state index contributed by atoms with van der Waals surface area (Å²) in [6.07, 6.45) is 1.70. The summed E-state index contributed by atoms with van der Waals surface area (Å²) in [4.78, 5) is 14.3. The van der Waals surface area contributed by atoms with Crippen molar-refractivity contribution in [3.8, 4) is 5.75 Å². The number of carbonyl (C=O) groups is 1. The largest absolute Gasteiger partial charge is 0.481 e. The van der Waals surface area contributed by atoms with E-state index in [4.69, 9.17) is 16.3 Å². The molecule has 21 heavy (non-hydrogen) atoms. The molecule has 1 aromatic rings. The van der Waals surface area contributed by atoms with Crippen LogP contribution in [0.2, 0.25) is 5.02 Å². The highest BCUT2D eigenvalue weighted by Crippen LogP contribution is 2.27. The quantitative estimate of drug-likeness (QED) is 0.845. The molecule has 0 bridgehead atoms. The smallest absolute Gasteiger partial charge is 0.263 e. The molecule has 1 aromatic carbocycles. The van der Waals surface area contributed by atoms with E-state index in [0.29, 0.717) is 11.7 Å². The number of likely N-dealkylation sites (tertiary alicyclic amines) is 1. The van der Waals surface area contributed by atoms with Gasteiger partial charge in [-0.2, -0.15) is 0 Å². The zero-order chi connectivity index (χ0) is 15.6. The van der Waals surface area contributed by atoms with E-state index in [1.165, 1.54) is 0 Å². The summed E-state index contributed by atoms with van der Waals surface area (Å²) >= 11 is 6.15. The lowest BCUT2D eigenvalue weighted by Gasteiger charge is -2.32. The summed E-state index contributed by atoms with van der Waals surface area (Å²) < 4.78 is 5.82. The molecule has 0 aromatic heterocycles. The Kier molecular flexibility index (Phi) is 5.15. The fraction of sp³-hybridized carbons (Fsp3) is 0.588. The van der Waals surface area contributed by atoms with E-state index in [0.717, 1.165) is 42.1 Å². The van der Waals surface area contributed by atoms with E-state index in [2.05, 4.69) is 6.92 Å². The molecule has 1 heterocycles. The maximum Gasteiger partial charge on any atom is 0.263 e. The first-order valence-corrected chi connectivity index (χ1v) is 7.98. The lowest BCUT2D eigenvalue weighted by molar-refractivity contribution is -0.139. The number of halogens is 1. The Morgan fingerprint density at radius 3 is 2.33 bits per heavy atom. The zero-order valence-electron chi connectivity index (χ0n) is 13.3. The van der Waals surface area contributed by atoms with Gasteiger partial charge in [-0.05, 0) is 62.8 Å². The fourth-order valence-electron chi connectivity index (χ4n) is 2.71. The fourth-order valence-corrected chi connectivity index (χ4v) is 2.82. The molecule has 1 aliphatic rings. The summed E-state index contributed by atoms with van der Waals surface area (Å²) in [7, 11) is 0. The molecule has 1 aliphatic heterocycles. The van der Waals surface area contributed by atoms with Crippen LogP contribution >= 0.6 is 11.6 Å². The van der Waals surface area contributed by atoms with Crippen LogP contribution < -0.4 is 4.74 Å². The van der Waals surface area contributed by atoms with E-state index in [9.17, 15) is 4.79 Å². The molecular weight excluding hydrogens is 286 g/mol. The van der Waals surface area contributed by atoms with Gasteiger partial charge in [0.05, 0.1) is 0 Å². The Labute approximate surface area is 132 Å². The standard InChI is InChI=1S/C17H24ClNO2/c1-11-5-7-19(8-6-11)17(20)14(4)21-15-9-12(2)16(18)13(3)10-15/h9-11,14H,5-8H2,1-4H3/t14-/m0/s1. The first-order chi connectivity index (χ1) is 9.88. The number of amides is 1. The Balaban J connectivity index is 2.00. The van der Waals surface area contributed by atoms with Crippen molar-refractivity contribution in [3.05, 3.63) is 28.3 Å². The maximum absolute atomic E-state index is 12.4. The minimum atomic E-state index is -0.460. The normalized spacial score (nSPS) is 17.7. The number of aryl methyl sites for hydroxylation is 2. The highest BCUT2D eigenvalue weighted by molar-refractivity contribution is 6.32. The molecule has 0 radical (unpaired) electrons. The third-order valence-corrected chi connectivity index (χ3v) is 4.76. The van der Waals surface area contributed by atoms with Crippen LogP contribution in [0.4, 0.5) is 0 Å². The average Bonchev–Trinajstić information content (AvgIpc) is 2.44.